The monoisotopic (exact) mass is 473 g/mol. The molecule has 1 aliphatic rings. The topological polar surface area (TPSA) is 88.0 Å². The van der Waals surface area contributed by atoms with E-state index in [0.29, 0.717) is 23.7 Å². The van der Waals surface area contributed by atoms with Crippen molar-refractivity contribution in [1.82, 2.24) is 19.7 Å². The van der Waals surface area contributed by atoms with E-state index in [9.17, 15) is 18.0 Å². The number of alkyl halides is 3. The Kier molecular flexibility index (Phi) is 6.20. The van der Waals surface area contributed by atoms with Gasteiger partial charge in [0.2, 0.25) is 5.91 Å². The van der Waals surface area contributed by atoms with Crippen LogP contribution in [0.25, 0.3) is 0 Å². The third-order valence-electron chi connectivity index (χ3n) is 5.71. The lowest BCUT2D eigenvalue weighted by atomic mass is 9.98. The number of aryl methyl sites for hydroxylation is 1. The van der Waals surface area contributed by atoms with Gasteiger partial charge in [0.25, 0.3) is 0 Å². The Labute approximate surface area is 195 Å². The zero-order valence-corrected chi connectivity index (χ0v) is 19.3. The molecule has 0 spiro atoms. The van der Waals surface area contributed by atoms with E-state index in [2.05, 4.69) is 25.7 Å². The minimum Gasteiger partial charge on any atom is -0.366 e. The molecule has 0 radical (unpaired) electrons. The van der Waals surface area contributed by atoms with Gasteiger partial charge >= 0.3 is 6.18 Å². The van der Waals surface area contributed by atoms with Crippen molar-refractivity contribution in [3.8, 4) is 0 Å². The van der Waals surface area contributed by atoms with Crippen molar-refractivity contribution < 1.29 is 18.0 Å². The molecule has 0 saturated carbocycles. The van der Waals surface area contributed by atoms with Gasteiger partial charge in [-0.15, -0.1) is 0 Å². The van der Waals surface area contributed by atoms with Crippen molar-refractivity contribution in [2.24, 2.45) is 5.92 Å². The Hall–Kier alpha value is -3.63. The van der Waals surface area contributed by atoms with Crippen molar-refractivity contribution in [2.45, 2.75) is 46.1 Å². The summed E-state index contributed by atoms with van der Waals surface area (Å²) in [7, 11) is 1.90. The molecule has 1 amide bonds. The smallest absolute Gasteiger partial charge is 0.366 e. The first kappa shape index (κ1) is 23.5. The maximum Gasteiger partial charge on any atom is 0.433 e. The van der Waals surface area contributed by atoms with E-state index >= 15 is 0 Å². The number of hydrogen-bond donors (Lipinski definition) is 2. The van der Waals surface area contributed by atoms with Gasteiger partial charge in [-0.25, -0.2) is 9.97 Å². The van der Waals surface area contributed by atoms with Crippen molar-refractivity contribution in [2.75, 3.05) is 22.6 Å². The summed E-state index contributed by atoms with van der Waals surface area (Å²) in [4.78, 5) is 22.7. The van der Waals surface area contributed by atoms with Crippen LogP contribution in [-0.2, 0) is 24.1 Å². The van der Waals surface area contributed by atoms with Gasteiger partial charge in [-0.3, -0.25) is 9.48 Å². The molecule has 0 saturated heterocycles. The number of nitrogens with zero attached hydrogens (tertiary/aromatic N) is 5. The Morgan fingerprint density at radius 1 is 1.24 bits per heavy atom. The predicted octanol–water partition coefficient (Wildman–Crippen LogP) is 4.07. The summed E-state index contributed by atoms with van der Waals surface area (Å²) in [6.45, 7) is 6.40. The molecule has 8 nitrogen and oxygen atoms in total. The zero-order chi connectivity index (χ0) is 24.6. The van der Waals surface area contributed by atoms with E-state index in [1.54, 1.807) is 17.1 Å². The number of rotatable bonds is 6. The van der Waals surface area contributed by atoms with Crippen LogP contribution >= 0.6 is 0 Å². The van der Waals surface area contributed by atoms with E-state index < -0.39 is 11.9 Å². The van der Waals surface area contributed by atoms with Gasteiger partial charge < -0.3 is 15.5 Å². The van der Waals surface area contributed by atoms with Crippen LogP contribution in [0.5, 0.6) is 0 Å². The molecule has 4 rings (SSSR count). The summed E-state index contributed by atoms with van der Waals surface area (Å²) in [6.07, 6.45) is -1.09. The first-order chi connectivity index (χ1) is 16.0. The molecule has 11 heteroatoms. The third kappa shape index (κ3) is 4.82. The van der Waals surface area contributed by atoms with Crippen LogP contribution < -0.4 is 15.5 Å². The summed E-state index contributed by atoms with van der Waals surface area (Å²) < 4.78 is 40.2. The van der Waals surface area contributed by atoms with Crippen molar-refractivity contribution in [1.29, 1.82) is 0 Å². The van der Waals surface area contributed by atoms with Gasteiger partial charge in [0.15, 0.2) is 0 Å². The highest BCUT2D eigenvalue weighted by atomic mass is 19.4. The van der Waals surface area contributed by atoms with E-state index in [0.717, 1.165) is 17.3 Å². The first-order valence-electron chi connectivity index (χ1n) is 10.9. The second-order valence-electron chi connectivity index (χ2n) is 8.69. The third-order valence-corrected chi connectivity index (χ3v) is 5.71. The largest absolute Gasteiger partial charge is 0.433 e. The lowest BCUT2D eigenvalue weighted by molar-refractivity contribution is -0.141. The fraction of sp³-hybridized carbons (Fsp3) is 0.391. The van der Waals surface area contributed by atoms with E-state index in [-0.39, 0.29) is 30.1 Å². The number of aromatic nitrogens is 4. The summed E-state index contributed by atoms with van der Waals surface area (Å²) in [5, 5.41) is 10.5. The molecule has 2 N–H and O–H groups in total. The van der Waals surface area contributed by atoms with E-state index in [1.807, 2.05) is 38.8 Å². The van der Waals surface area contributed by atoms with Crippen molar-refractivity contribution in [3.63, 3.8) is 0 Å². The lowest BCUT2D eigenvalue weighted by Crippen LogP contribution is -2.49. The van der Waals surface area contributed by atoms with Gasteiger partial charge in [0, 0.05) is 31.4 Å². The normalized spacial score (nSPS) is 15.9. The van der Waals surface area contributed by atoms with Gasteiger partial charge in [0.1, 0.15) is 17.6 Å². The van der Waals surface area contributed by atoms with Crippen LogP contribution in [0.4, 0.5) is 30.4 Å². The number of likely N-dealkylation sites (N-methyl/N-ethyl adjacent to an activating group) is 1. The molecular weight excluding hydrogens is 447 g/mol. The molecule has 3 aromatic heterocycles. The molecule has 3 aromatic rings. The number of carbonyl (C=O) groups is 1. The van der Waals surface area contributed by atoms with Gasteiger partial charge in [0.05, 0.1) is 35.5 Å². The SMILES string of the molecule is Cc1nc(NCc2cnn(Cc3cccc(C(F)(F)F)n3)c2)cc2c1NC(=O)C(C(C)C)N2C. The highest BCUT2D eigenvalue weighted by molar-refractivity contribution is 6.04. The second kappa shape index (κ2) is 8.96. The molecule has 0 aromatic carbocycles. The second-order valence-corrected chi connectivity index (χ2v) is 8.69. The maximum absolute atomic E-state index is 12.9. The number of nitrogens with one attached hydrogen (secondary N) is 2. The van der Waals surface area contributed by atoms with Crippen LogP contribution in [-0.4, -0.2) is 38.7 Å². The van der Waals surface area contributed by atoms with Gasteiger partial charge in [-0.1, -0.05) is 19.9 Å². The quantitative estimate of drug-likeness (QED) is 0.561. The Morgan fingerprint density at radius 2 is 2.00 bits per heavy atom. The molecule has 34 heavy (non-hydrogen) atoms. The number of fused-ring (bicyclic) bond motifs is 1. The molecular formula is C23H26F3N7O. The van der Waals surface area contributed by atoms with Gasteiger partial charge in [-0.2, -0.15) is 18.3 Å². The molecule has 1 unspecified atom stereocenters. The number of anilines is 3. The van der Waals surface area contributed by atoms with Crippen LogP contribution in [0.1, 0.15) is 36.5 Å². The minimum atomic E-state index is -4.48. The molecule has 0 fully saturated rings. The van der Waals surface area contributed by atoms with Crippen LogP contribution in [0, 0.1) is 12.8 Å². The Balaban J connectivity index is 1.45. The summed E-state index contributed by atoms with van der Waals surface area (Å²) in [5.74, 6) is 0.743. The fourth-order valence-corrected chi connectivity index (χ4v) is 4.12. The molecule has 0 aliphatic carbocycles. The van der Waals surface area contributed by atoms with E-state index in [4.69, 9.17) is 0 Å². The number of carbonyl (C=O) groups excluding carboxylic acids is 1. The van der Waals surface area contributed by atoms with Crippen molar-refractivity contribution >= 4 is 23.1 Å². The average molecular weight is 474 g/mol. The molecule has 4 heterocycles. The molecule has 1 aliphatic heterocycles. The molecule has 1 atom stereocenters. The van der Waals surface area contributed by atoms with Crippen molar-refractivity contribution in [3.05, 3.63) is 59.3 Å². The summed E-state index contributed by atoms with van der Waals surface area (Å²) in [5.41, 5.74) is 2.48. The lowest BCUT2D eigenvalue weighted by Gasteiger charge is -2.38. The number of hydrogen-bond acceptors (Lipinski definition) is 6. The predicted molar refractivity (Wildman–Crippen MR) is 123 cm³/mol. The average Bonchev–Trinajstić information content (AvgIpc) is 3.20. The van der Waals surface area contributed by atoms with E-state index in [1.165, 1.54) is 12.1 Å². The highest BCUT2D eigenvalue weighted by Crippen LogP contribution is 2.36. The molecule has 0 bridgehead atoms. The van der Waals surface area contributed by atoms with Crippen LogP contribution in [0.2, 0.25) is 0 Å². The Bertz CT molecular complexity index is 1210. The number of halogens is 3. The highest BCUT2D eigenvalue weighted by Gasteiger charge is 2.34. The maximum atomic E-state index is 12.9. The van der Waals surface area contributed by atoms with Crippen LogP contribution in [0.3, 0.4) is 0 Å². The minimum absolute atomic E-state index is 0.0433. The number of amides is 1. The summed E-state index contributed by atoms with van der Waals surface area (Å²) >= 11 is 0. The number of pyridine rings is 2. The standard InChI is InChI=1S/C23H26F3N7O/c1-13(2)21-22(34)31-20-14(3)29-19(8-17(20)32(21)4)27-9-15-10-28-33(11-15)12-16-6-5-7-18(30-16)23(24,25)26/h5-8,10-11,13,21H,9,12H2,1-4H3,(H,27,29)(H,31,34). The van der Waals surface area contributed by atoms with Gasteiger partial charge in [-0.05, 0) is 25.0 Å². The Morgan fingerprint density at radius 3 is 2.71 bits per heavy atom. The summed E-state index contributed by atoms with van der Waals surface area (Å²) in [6, 6.07) is 5.44. The fourth-order valence-electron chi connectivity index (χ4n) is 4.12. The first-order valence-corrected chi connectivity index (χ1v) is 10.9. The zero-order valence-electron chi connectivity index (χ0n) is 19.3. The van der Waals surface area contributed by atoms with Crippen LogP contribution in [0.15, 0.2) is 36.7 Å². The molecule has 180 valence electrons.